The minimum absolute atomic E-state index is 0.0140. The summed E-state index contributed by atoms with van der Waals surface area (Å²) < 4.78 is 21.6. The molecule has 1 aromatic heterocycles. The fourth-order valence-electron chi connectivity index (χ4n) is 3.82. The second kappa shape index (κ2) is 9.67. The Balaban J connectivity index is 1.65. The minimum Gasteiger partial charge on any atom is -0.484 e. The van der Waals surface area contributed by atoms with Gasteiger partial charge >= 0.3 is 0 Å². The molecule has 4 aromatic rings. The van der Waals surface area contributed by atoms with Gasteiger partial charge in [0.2, 0.25) is 5.91 Å². The molecule has 0 aliphatic rings. The van der Waals surface area contributed by atoms with Gasteiger partial charge in [0.25, 0.3) is 0 Å². The molecule has 4 rings (SSSR count). The van der Waals surface area contributed by atoms with Crippen LogP contribution in [0.15, 0.2) is 79.0 Å². The monoisotopic (exact) mass is 459 g/mol. The van der Waals surface area contributed by atoms with Crippen LogP contribution in [0.1, 0.15) is 45.8 Å². The van der Waals surface area contributed by atoms with Crippen LogP contribution < -0.4 is 10.1 Å². The van der Waals surface area contributed by atoms with E-state index >= 15 is 0 Å². The first kappa shape index (κ1) is 23.5. The maximum atomic E-state index is 13.3. The van der Waals surface area contributed by atoms with Crippen LogP contribution in [0, 0.1) is 11.2 Å². The van der Waals surface area contributed by atoms with Crippen LogP contribution in [0.4, 0.5) is 4.39 Å². The number of carbonyl (C=O) groups excluding carboxylic acids is 1. The van der Waals surface area contributed by atoms with Gasteiger partial charge in [-0.1, -0.05) is 58.0 Å². The lowest BCUT2D eigenvalue weighted by Gasteiger charge is -2.31. The quantitative estimate of drug-likeness (QED) is 0.357. The first-order valence-electron chi connectivity index (χ1n) is 11.5. The molecule has 0 aliphatic heterocycles. The lowest BCUT2D eigenvalue weighted by molar-refractivity contribution is -0.130. The molecular formula is C28H30FN3O2. The van der Waals surface area contributed by atoms with Crippen molar-refractivity contribution in [3.63, 3.8) is 0 Å². The third-order valence-corrected chi connectivity index (χ3v) is 5.80. The highest BCUT2D eigenvalue weighted by Crippen LogP contribution is 2.30. The molecule has 0 spiro atoms. The number of benzene rings is 3. The van der Waals surface area contributed by atoms with E-state index in [0.29, 0.717) is 12.2 Å². The van der Waals surface area contributed by atoms with Crippen LogP contribution in [0.25, 0.3) is 16.6 Å². The van der Waals surface area contributed by atoms with Gasteiger partial charge in [0, 0.05) is 10.8 Å². The van der Waals surface area contributed by atoms with Gasteiger partial charge in [-0.25, -0.2) is 9.07 Å². The number of hydrogen-bond donors (Lipinski definition) is 1. The molecule has 34 heavy (non-hydrogen) atoms. The van der Waals surface area contributed by atoms with E-state index in [2.05, 4.69) is 10.4 Å². The zero-order valence-corrected chi connectivity index (χ0v) is 20.0. The van der Waals surface area contributed by atoms with Crippen LogP contribution in [-0.2, 0) is 4.79 Å². The van der Waals surface area contributed by atoms with E-state index in [9.17, 15) is 9.18 Å². The van der Waals surface area contributed by atoms with Crippen molar-refractivity contribution in [2.75, 3.05) is 0 Å². The Labute approximate surface area is 199 Å². The number of nitrogens with zero attached hydrogens (tertiary/aromatic N) is 2. The molecule has 3 aromatic carbocycles. The van der Waals surface area contributed by atoms with Crippen LogP contribution in [0.2, 0.25) is 0 Å². The van der Waals surface area contributed by atoms with Crippen molar-refractivity contribution < 1.29 is 13.9 Å². The molecule has 1 N–H and O–H groups in total. The molecule has 0 saturated heterocycles. The molecule has 1 amide bonds. The van der Waals surface area contributed by atoms with Crippen molar-refractivity contribution in [3.05, 3.63) is 90.4 Å². The number of fused-ring (bicyclic) bond motifs is 1. The zero-order chi connectivity index (χ0) is 24.3. The van der Waals surface area contributed by atoms with Crippen molar-refractivity contribution in [2.24, 2.45) is 5.41 Å². The van der Waals surface area contributed by atoms with E-state index in [4.69, 9.17) is 4.74 Å². The number of nitrogens with one attached hydrogen (secondary N) is 1. The number of aromatic nitrogens is 2. The predicted octanol–water partition coefficient (Wildman–Crippen LogP) is 6.23. The number of rotatable bonds is 7. The summed E-state index contributed by atoms with van der Waals surface area (Å²) in [6, 6.07) is 21.7. The number of hydrogen-bond acceptors (Lipinski definition) is 3. The topological polar surface area (TPSA) is 56.1 Å². The van der Waals surface area contributed by atoms with E-state index in [0.717, 1.165) is 22.2 Å². The Bertz CT molecular complexity index is 1260. The van der Waals surface area contributed by atoms with Crippen LogP contribution in [0.5, 0.6) is 5.75 Å². The summed E-state index contributed by atoms with van der Waals surface area (Å²) >= 11 is 0. The normalized spacial score (nSPS) is 13.4. The van der Waals surface area contributed by atoms with E-state index in [1.54, 1.807) is 23.0 Å². The molecule has 0 unspecified atom stereocenters. The standard InChI is InChI=1S/C28H30FN3O2/c1-5-24(31-27(33)28(2,3)4)26(19-9-7-6-8-10-19)34-23-15-16-25-20(17-23)18-30-32(25)22-13-11-21(29)12-14-22/h6-18,24,26H,5H2,1-4H3,(H,31,33)/t24-,26+/m0/s1. The Morgan fingerprint density at radius 2 is 1.76 bits per heavy atom. The van der Waals surface area contributed by atoms with Crippen molar-refractivity contribution in [2.45, 2.75) is 46.3 Å². The summed E-state index contributed by atoms with van der Waals surface area (Å²) in [5, 5.41) is 8.56. The van der Waals surface area contributed by atoms with Crippen LogP contribution in [0.3, 0.4) is 0 Å². The second-order valence-corrected chi connectivity index (χ2v) is 9.44. The Morgan fingerprint density at radius 1 is 1.06 bits per heavy atom. The molecule has 176 valence electrons. The number of halogens is 1. The van der Waals surface area contributed by atoms with Gasteiger partial charge in [0.05, 0.1) is 23.4 Å². The van der Waals surface area contributed by atoms with E-state index in [1.807, 2.05) is 76.2 Å². The van der Waals surface area contributed by atoms with Gasteiger partial charge in [-0.2, -0.15) is 5.10 Å². The Hall–Kier alpha value is -3.67. The fraction of sp³-hybridized carbons (Fsp3) is 0.286. The van der Waals surface area contributed by atoms with Gasteiger partial charge in [-0.3, -0.25) is 4.79 Å². The van der Waals surface area contributed by atoms with E-state index < -0.39 is 5.41 Å². The van der Waals surface area contributed by atoms with Gasteiger partial charge in [-0.05, 0) is 54.4 Å². The molecule has 0 saturated carbocycles. The largest absolute Gasteiger partial charge is 0.484 e. The third-order valence-electron chi connectivity index (χ3n) is 5.80. The van der Waals surface area contributed by atoms with Gasteiger partial charge < -0.3 is 10.1 Å². The van der Waals surface area contributed by atoms with Gasteiger partial charge in [0.1, 0.15) is 17.7 Å². The Morgan fingerprint density at radius 3 is 2.41 bits per heavy atom. The highest BCUT2D eigenvalue weighted by molar-refractivity contribution is 5.82. The maximum Gasteiger partial charge on any atom is 0.225 e. The van der Waals surface area contributed by atoms with E-state index in [1.165, 1.54) is 12.1 Å². The lowest BCUT2D eigenvalue weighted by Crippen LogP contribution is -2.45. The van der Waals surface area contributed by atoms with Crippen molar-refractivity contribution >= 4 is 16.8 Å². The number of amides is 1. The van der Waals surface area contributed by atoms with Crippen molar-refractivity contribution in [1.82, 2.24) is 15.1 Å². The molecule has 0 bridgehead atoms. The fourth-order valence-corrected chi connectivity index (χ4v) is 3.82. The molecule has 1 heterocycles. The smallest absolute Gasteiger partial charge is 0.225 e. The summed E-state index contributed by atoms with van der Waals surface area (Å²) in [5.74, 6) is 0.384. The van der Waals surface area contributed by atoms with Crippen LogP contribution >= 0.6 is 0 Å². The average Bonchev–Trinajstić information content (AvgIpc) is 3.25. The Kier molecular flexibility index (Phi) is 6.68. The summed E-state index contributed by atoms with van der Waals surface area (Å²) in [4.78, 5) is 12.8. The maximum absolute atomic E-state index is 13.3. The van der Waals surface area contributed by atoms with E-state index in [-0.39, 0.29) is 23.9 Å². The molecule has 0 fully saturated rings. The molecule has 5 nitrogen and oxygen atoms in total. The molecule has 6 heteroatoms. The van der Waals surface area contributed by atoms with Crippen molar-refractivity contribution in [3.8, 4) is 11.4 Å². The SMILES string of the molecule is CC[C@H](NC(=O)C(C)(C)C)[C@H](Oc1ccc2c(cnn2-c2ccc(F)cc2)c1)c1ccccc1. The van der Waals surface area contributed by atoms with Crippen molar-refractivity contribution in [1.29, 1.82) is 0 Å². The first-order valence-corrected chi connectivity index (χ1v) is 11.5. The lowest BCUT2D eigenvalue weighted by atomic mass is 9.93. The summed E-state index contributed by atoms with van der Waals surface area (Å²) in [7, 11) is 0. The summed E-state index contributed by atoms with van der Waals surface area (Å²) in [6.07, 6.45) is 2.12. The summed E-state index contributed by atoms with van der Waals surface area (Å²) in [6.45, 7) is 7.75. The second-order valence-electron chi connectivity index (χ2n) is 9.44. The highest BCUT2D eigenvalue weighted by atomic mass is 19.1. The molecule has 0 aliphatic carbocycles. The number of ether oxygens (including phenoxy) is 1. The predicted molar refractivity (Wildman–Crippen MR) is 133 cm³/mol. The van der Waals surface area contributed by atoms with Gasteiger partial charge in [0.15, 0.2) is 0 Å². The minimum atomic E-state index is -0.498. The number of carbonyl (C=O) groups is 1. The average molecular weight is 460 g/mol. The van der Waals surface area contributed by atoms with Gasteiger partial charge in [-0.15, -0.1) is 0 Å². The molecular weight excluding hydrogens is 429 g/mol. The van der Waals surface area contributed by atoms with Crippen LogP contribution in [-0.4, -0.2) is 21.7 Å². The highest BCUT2D eigenvalue weighted by Gasteiger charge is 2.30. The third kappa shape index (κ3) is 5.11. The first-order chi connectivity index (χ1) is 16.3. The molecule has 2 atom stereocenters. The zero-order valence-electron chi connectivity index (χ0n) is 20.0. The summed E-state index contributed by atoms with van der Waals surface area (Å²) in [5.41, 5.74) is 2.17. The molecule has 0 radical (unpaired) electrons.